The Morgan fingerprint density at radius 2 is 1.85 bits per heavy atom. The standard InChI is InChI=1S/C18H19NO6S/c19-26(21,22)16-7-5-15(6-8-16)23-9-10-24-18(20)14-11-13-3-1-2-4-17(13)25-12-14/h1-8,14H,9-12H2,(H2,19,21,22)/t14-/m0/s1. The number of para-hydroxylation sites is 1. The van der Waals surface area contributed by atoms with E-state index >= 15 is 0 Å². The summed E-state index contributed by atoms with van der Waals surface area (Å²) < 4.78 is 38.6. The van der Waals surface area contributed by atoms with Crippen molar-refractivity contribution >= 4 is 16.0 Å². The van der Waals surface area contributed by atoms with Gasteiger partial charge in [0.1, 0.15) is 31.3 Å². The quantitative estimate of drug-likeness (QED) is 0.604. The van der Waals surface area contributed by atoms with Gasteiger partial charge < -0.3 is 14.2 Å². The summed E-state index contributed by atoms with van der Waals surface area (Å²) >= 11 is 0. The molecule has 2 aromatic rings. The second kappa shape index (κ2) is 7.76. The predicted molar refractivity (Wildman–Crippen MR) is 93.4 cm³/mol. The van der Waals surface area contributed by atoms with Crippen LogP contribution in [0.25, 0.3) is 0 Å². The number of sulfonamides is 1. The molecule has 0 unspecified atom stereocenters. The Morgan fingerprint density at radius 1 is 1.12 bits per heavy atom. The minimum atomic E-state index is -3.73. The minimum Gasteiger partial charge on any atom is -0.492 e. The van der Waals surface area contributed by atoms with E-state index in [9.17, 15) is 13.2 Å². The summed E-state index contributed by atoms with van der Waals surface area (Å²) in [7, 11) is -3.73. The summed E-state index contributed by atoms with van der Waals surface area (Å²) in [6.45, 7) is 0.546. The zero-order valence-corrected chi connectivity index (χ0v) is 14.8. The molecule has 0 fully saturated rings. The number of esters is 1. The van der Waals surface area contributed by atoms with Crippen molar-refractivity contribution in [2.75, 3.05) is 19.8 Å². The van der Waals surface area contributed by atoms with Crippen LogP contribution < -0.4 is 14.6 Å². The maximum Gasteiger partial charge on any atom is 0.312 e. The van der Waals surface area contributed by atoms with Crippen LogP contribution in [0.4, 0.5) is 0 Å². The van der Waals surface area contributed by atoms with Gasteiger partial charge in [-0.2, -0.15) is 0 Å². The molecular weight excluding hydrogens is 358 g/mol. The number of nitrogens with two attached hydrogens (primary N) is 1. The number of benzene rings is 2. The number of fused-ring (bicyclic) bond motifs is 1. The van der Waals surface area contributed by atoms with Crippen molar-refractivity contribution in [2.24, 2.45) is 11.1 Å². The van der Waals surface area contributed by atoms with Gasteiger partial charge in [-0.15, -0.1) is 0 Å². The average molecular weight is 377 g/mol. The summed E-state index contributed by atoms with van der Waals surface area (Å²) in [5.74, 6) is 0.609. The molecule has 1 aliphatic heterocycles. The van der Waals surface area contributed by atoms with E-state index in [2.05, 4.69) is 0 Å². The summed E-state index contributed by atoms with van der Waals surface area (Å²) in [5.41, 5.74) is 0.992. The molecule has 0 bridgehead atoms. The highest BCUT2D eigenvalue weighted by Crippen LogP contribution is 2.27. The Hall–Kier alpha value is -2.58. The number of carbonyl (C=O) groups excluding carboxylic acids is 1. The van der Waals surface area contributed by atoms with Gasteiger partial charge in [0.25, 0.3) is 0 Å². The van der Waals surface area contributed by atoms with Crippen LogP contribution in [0.1, 0.15) is 5.56 Å². The molecule has 8 heteroatoms. The molecule has 0 radical (unpaired) electrons. The highest BCUT2D eigenvalue weighted by Gasteiger charge is 2.26. The lowest BCUT2D eigenvalue weighted by atomic mass is 9.97. The summed E-state index contributed by atoms with van der Waals surface area (Å²) in [5, 5.41) is 5.03. The third-order valence-corrected chi connectivity index (χ3v) is 4.89. The van der Waals surface area contributed by atoms with E-state index in [-0.39, 0.29) is 30.0 Å². The van der Waals surface area contributed by atoms with Crippen LogP contribution in [0.2, 0.25) is 0 Å². The molecule has 1 atom stereocenters. The van der Waals surface area contributed by atoms with Crippen LogP contribution in [0.5, 0.6) is 11.5 Å². The van der Waals surface area contributed by atoms with E-state index in [0.29, 0.717) is 18.8 Å². The molecule has 2 N–H and O–H groups in total. The smallest absolute Gasteiger partial charge is 0.312 e. The van der Waals surface area contributed by atoms with Gasteiger partial charge in [-0.25, -0.2) is 13.6 Å². The van der Waals surface area contributed by atoms with E-state index in [1.807, 2.05) is 24.3 Å². The van der Waals surface area contributed by atoms with Crippen LogP contribution >= 0.6 is 0 Å². The number of carbonyl (C=O) groups is 1. The normalized spacial score (nSPS) is 16.3. The van der Waals surface area contributed by atoms with Crippen LogP contribution in [0, 0.1) is 5.92 Å². The SMILES string of the molecule is NS(=O)(=O)c1ccc(OCCOC(=O)[C@@H]2COc3ccccc3C2)cc1. The van der Waals surface area contributed by atoms with Gasteiger partial charge in [-0.05, 0) is 42.3 Å². The molecule has 1 heterocycles. The van der Waals surface area contributed by atoms with Gasteiger partial charge in [-0.3, -0.25) is 4.79 Å². The highest BCUT2D eigenvalue weighted by molar-refractivity contribution is 7.89. The van der Waals surface area contributed by atoms with Gasteiger partial charge in [0.05, 0.1) is 10.8 Å². The third kappa shape index (κ3) is 4.53. The molecule has 138 valence electrons. The maximum atomic E-state index is 12.1. The number of hydrogen-bond acceptors (Lipinski definition) is 6. The molecule has 0 spiro atoms. The minimum absolute atomic E-state index is 0.00820. The Balaban J connectivity index is 1.43. The zero-order chi connectivity index (χ0) is 18.6. The number of rotatable bonds is 6. The molecule has 0 aromatic heterocycles. The van der Waals surface area contributed by atoms with Crippen molar-refractivity contribution in [3.8, 4) is 11.5 Å². The lowest BCUT2D eigenvalue weighted by Crippen LogP contribution is -2.30. The highest BCUT2D eigenvalue weighted by atomic mass is 32.2. The molecule has 0 amide bonds. The van der Waals surface area contributed by atoms with Crippen molar-refractivity contribution in [1.29, 1.82) is 0 Å². The van der Waals surface area contributed by atoms with Crippen LogP contribution in [-0.4, -0.2) is 34.2 Å². The molecule has 0 aliphatic carbocycles. The average Bonchev–Trinajstić information content (AvgIpc) is 2.64. The van der Waals surface area contributed by atoms with Crippen molar-refractivity contribution in [3.05, 3.63) is 54.1 Å². The van der Waals surface area contributed by atoms with Gasteiger partial charge in [0.2, 0.25) is 10.0 Å². The van der Waals surface area contributed by atoms with Gasteiger partial charge >= 0.3 is 5.97 Å². The van der Waals surface area contributed by atoms with Crippen LogP contribution in [-0.2, 0) is 26.0 Å². The Kier molecular flexibility index (Phi) is 5.43. The maximum absolute atomic E-state index is 12.1. The fraction of sp³-hybridized carbons (Fsp3) is 0.278. The van der Waals surface area contributed by atoms with Crippen LogP contribution in [0.15, 0.2) is 53.4 Å². The second-order valence-electron chi connectivity index (χ2n) is 5.85. The predicted octanol–water partition coefficient (Wildman–Crippen LogP) is 1.51. The Labute approximate surface area is 151 Å². The van der Waals surface area contributed by atoms with Crippen LogP contribution in [0.3, 0.4) is 0 Å². The molecule has 0 saturated carbocycles. The molecule has 7 nitrogen and oxygen atoms in total. The van der Waals surface area contributed by atoms with Gasteiger partial charge in [-0.1, -0.05) is 18.2 Å². The first-order chi connectivity index (χ1) is 12.4. The molecule has 2 aromatic carbocycles. The molecule has 3 rings (SSSR count). The topological polar surface area (TPSA) is 105 Å². The first-order valence-electron chi connectivity index (χ1n) is 8.06. The molecule has 0 saturated heterocycles. The number of hydrogen-bond donors (Lipinski definition) is 1. The third-order valence-electron chi connectivity index (χ3n) is 3.96. The number of primary sulfonamides is 1. The first-order valence-corrected chi connectivity index (χ1v) is 9.61. The van der Waals surface area contributed by atoms with E-state index in [4.69, 9.17) is 19.3 Å². The first kappa shape index (κ1) is 18.2. The Bertz CT molecular complexity index is 879. The lowest BCUT2D eigenvalue weighted by Gasteiger charge is -2.23. The van der Waals surface area contributed by atoms with Crippen molar-refractivity contribution in [1.82, 2.24) is 0 Å². The Morgan fingerprint density at radius 3 is 2.58 bits per heavy atom. The van der Waals surface area contributed by atoms with Gasteiger partial charge in [0, 0.05) is 0 Å². The summed E-state index contributed by atoms with van der Waals surface area (Å²) in [6.07, 6.45) is 0.588. The summed E-state index contributed by atoms with van der Waals surface area (Å²) in [4.78, 5) is 12.1. The van der Waals surface area contributed by atoms with Gasteiger partial charge in [0.15, 0.2) is 0 Å². The fourth-order valence-corrected chi connectivity index (χ4v) is 3.14. The second-order valence-corrected chi connectivity index (χ2v) is 7.41. The van der Waals surface area contributed by atoms with Crippen molar-refractivity contribution < 1.29 is 27.4 Å². The van der Waals surface area contributed by atoms with Crippen molar-refractivity contribution in [3.63, 3.8) is 0 Å². The van der Waals surface area contributed by atoms with E-state index in [0.717, 1.165) is 11.3 Å². The fourth-order valence-electron chi connectivity index (χ4n) is 2.62. The van der Waals surface area contributed by atoms with E-state index < -0.39 is 10.0 Å². The van der Waals surface area contributed by atoms with E-state index in [1.165, 1.54) is 24.3 Å². The molecule has 1 aliphatic rings. The zero-order valence-electron chi connectivity index (χ0n) is 14.0. The summed E-state index contributed by atoms with van der Waals surface area (Å²) in [6, 6.07) is 13.3. The number of ether oxygens (including phenoxy) is 3. The van der Waals surface area contributed by atoms with E-state index in [1.54, 1.807) is 0 Å². The largest absolute Gasteiger partial charge is 0.492 e. The van der Waals surface area contributed by atoms with Crippen molar-refractivity contribution in [2.45, 2.75) is 11.3 Å². The molecule has 26 heavy (non-hydrogen) atoms. The molecular formula is C18H19NO6S. The lowest BCUT2D eigenvalue weighted by molar-refractivity contribution is -0.150. The monoisotopic (exact) mass is 377 g/mol.